The van der Waals surface area contributed by atoms with Gasteiger partial charge in [-0.15, -0.1) is 0 Å². The Balaban J connectivity index is 2.19. The highest BCUT2D eigenvalue weighted by atomic mass is 32.2. The zero-order valence-corrected chi connectivity index (χ0v) is 14.0. The van der Waals surface area contributed by atoms with Gasteiger partial charge in [-0.05, 0) is 38.5 Å². The normalized spacial score (nSPS) is 15.5. The molecule has 0 unspecified atom stereocenters. The molecule has 0 bridgehead atoms. The van der Waals surface area contributed by atoms with Gasteiger partial charge in [0.1, 0.15) is 11.5 Å². The van der Waals surface area contributed by atoms with E-state index >= 15 is 0 Å². The van der Waals surface area contributed by atoms with Gasteiger partial charge in [0, 0.05) is 20.1 Å². The van der Waals surface area contributed by atoms with Crippen molar-refractivity contribution in [1.29, 1.82) is 0 Å². The van der Waals surface area contributed by atoms with Crippen LogP contribution in [0.15, 0.2) is 27.6 Å². The van der Waals surface area contributed by atoms with Gasteiger partial charge in [-0.1, -0.05) is 5.16 Å². The lowest BCUT2D eigenvalue weighted by atomic mass is 10.2. The first kappa shape index (κ1) is 15.8. The van der Waals surface area contributed by atoms with Crippen LogP contribution in [0.2, 0.25) is 0 Å². The fourth-order valence-electron chi connectivity index (χ4n) is 2.91. The summed E-state index contributed by atoms with van der Waals surface area (Å²) in [6.45, 7) is 4.13. The van der Waals surface area contributed by atoms with E-state index in [4.69, 9.17) is 4.52 Å². The third kappa shape index (κ3) is 2.56. The third-order valence-corrected chi connectivity index (χ3v) is 6.05. The Morgan fingerprint density at radius 3 is 2.61 bits per heavy atom. The van der Waals surface area contributed by atoms with E-state index in [0.29, 0.717) is 36.6 Å². The second-order valence-corrected chi connectivity index (χ2v) is 7.44. The third-order valence-electron chi connectivity index (χ3n) is 3.99. The maximum Gasteiger partial charge on any atom is 0.269 e. The Morgan fingerprint density at radius 1 is 1.22 bits per heavy atom. The van der Waals surface area contributed by atoms with Crippen LogP contribution >= 0.6 is 0 Å². The molecule has 0 aliphatic carbocycles. The molecule has 6 nitrogen and oxygen atoms in total. The van der Waals surface area contributed by atoms with Crippen LogP contribution in [-0.2, 0) is 10.0 Å². The largest absolute Gasteiger partial charge is 0.373 e. The molecule has 1 aliphatic heterocycles. The molecule has 0 saturated carbocycles. The summed E-state index contributed by atoms with van der Waals surface area (Å²) in [6, 6.07) is 4.13. The van der Waals surface area contributed by atoms with E-state index in [9.17, 15) is 12.8 Å². The molecule has 0 amide bonds. The molecule has 8 heteroatoms. The zero-order chi connectivity index (χ0) is 16.8. The highest BCUT2D eigenvalue weighted by Crippen LogP contribution is 2.36. The molecular formula is C15H18FN3O3S. The van der Waals surface area contributed by atoms with Gasteiger partial charge in [-0.3, -0.25) is 4.31 Å². The van der Waals surface area contributed by atoms with Gasteiger partial charge in [0.25, 0.3) is 10.0 Å². The van der Waals surface area contributed by atoms with Crippen molar-refractivity contribution in [2.45, 2.75) is 25.2 Å². The lowest BCUT2D eigenvalue weighted by Crippen LogP contribution is -2.32. The molecule has 0 spiro atoms. The van der Waals surface area contributed by atoms with Crippen LogP contribution in [0.3, 0.4) is 0 Å². The number of halogens is 1. The number of hydrogen-bond acceptors (Lipinski definition) is 5. The van der Waals surface area contributed by atoms with E-state index in [1.807, 2.05) is 11.9 Å². The van der Waals surface area contributed by atoms with Crippen molar-refractivity contribution in [3.8, 4) is 0 Å². The molecule has 0 saturated heterocycles. The first-order chi connectivity index (χ1) is 10.8. The molecule has 1 aromatic heterocycles. The molecular weight excluding hydrogens is 321 g/mol. The molecule has 3 rings (SSSR count). The van der Waals surface area contributed by atoms with Crippen LogP contribution in [-0.4, -0.2) is 33.7 Å². The summed E-state index contributed by atoms with van der Waals surface area (Å²) in [7, 11) is -2.00. The minimum atomic E-state index is -3.83. The highest BCUT2D eigenvalue weighted by Gasteiger charge is 2.34. The topological polar surface area (TPSA) is 66.7 Å². The van der Waals surface area contributed by atoms with Crippen molar-refractivity contribution in [3.63, 3.8) is 0 Å². The van der Waals surface area contributed by atoms with Gasteiger partial charge in [0.15, 0.2) is 10.7 Å². The average Bonchev–Trinajstić information content (AvgIpc) is 2.73. The minimum Gasteiger partial charge on any atom is -0.373 e. The van der Waals surface area contributed by atoms with Crippen LogP contribution < -0.4 is 9.21 Å². The lowest BCUT2D eigenvalue weighted by Gasteiger charge is -2.25. The van der Waals surface area contributed by atoms with Crippen molar-refractivity contribution >= 4 is 21.4 Å². The predicted octanol–water partition coefficient (Wildman–Crippen LogP) is 2.47. The summed E-state index contributed by atoms with van der Waals surface area (Å²) in [6.07, 6.45) is 0.634. The first-order valence-electron chi connectivity index (χ1n) is 7.28. The maximum absolute atomic E-state index is 13.6. The van der Waals surface area contributed by atoms with Gasteiger partial charge in [-0.2, -0.15) is 0 Å². The Hall–Kier alpha value is -2.09. The van der Waals surface area contributed by atoms with Gasteiger partial charge < -0.3 is 9.42 Å². The summed E-state index contributed by atoms with van der Waals surface area (Å²) < 4.78 is 46.2. The fraction of sp³-hybridized carbons (Fsp3) is 0.400. The predicted molar refractivity (Wildman–Crippen MR) is 84.8 cm³/mol. The maximum atomic E-state index is 13.6. The number of aromatic nitrogens is 1. The summed E-state index contributed by atoms with van der Waals surface area (Å²) in [5.74, 6) is -0.143. The number of sulfonamides is 1. The van der Waals surface area contributed by atoms with Crippen molar-refractivity contribution in [3.05, 3.63) is 35.5 Å². The smallest absolute Gasteiger partial charge is 0.269 e. The monoisotopic (exact) mass is 339 g/mol. The van der Waals surface area contributed by atoms with Crippen molar-refractivity contribution in [1.82, 2.24) is 5.16 Å². The quantitative estimate of drug-likeness (QED) is 0.841. The fourth-order valence-corrected chi connectivity index (χ4v) is 4.72. The van der Waals surface area contributed by atoms with Crippen molar-refractivity contribution in [2.24, 2.45) is 0 Å². The summed E-state index contributed by atoms with van der Waals surface area (Å²) in [4.78, 5) is 1.94. The number of aryl methyl sites for hydroxylation is 2. The summed E-state index contributed by atoms with van der Waals surface area (Å²) >= 11 is 0. The molecule has 0 radical (unpaired) electrons. The number of anilines is 2. The molecule has 124 valence electrons. The highest BCUT2D eigenvalue weighted by molar-refractivity contribution is 7.93. The van der Waals surface area contributed by atoms with Crippen LogP contribution in [0.25, 0.3) is 0 Å². The van der Waals surface area contributed by atoms with Crippen LogP contribution in [0, 0.1) is 19.7 Å². The summed E-state index contributed by atoms with van der Waals surface area (Å²) in [5, 5.41) is 3.73. The molecule has 23 heavy (non-hydrogen) atoms. The molecule has 0 atom stereocenters. The number of fused-ring (bicyclic) bond motifs is 1. The molecule has 2 heterocycles. The van der Waals surface area contributed by atoms with Crippen LogP contribution in [0.5, 0.6) is 0 Å². The number of hydrogen-bond donors (Lipinski definition) is 0. The standard InChI is InChI=1S/C15H18FN3O3S/c1-10-15(11(2)22-17-10)23(20,21)19-8-4-7-18(3)14-9-12(16)5-6-13(14)19/h5-6,9H,4,7-8H2,1-3H3. The number of rotatable bonds is 2. The SMILES string of the molecule is Cc1noc(C)c1S(=O)(=O)N1CCCN(C)c2cc(F)ccc21. The molecule has 1 aliphatic rings. The Bertz CT molecular complexity index is 828. The van der Waals surface area contributed by atoms with E-state index < -0.39 is 15.8 Å². The minimum absolute atomic E-state index is 0.0809. The second kappa shape index (κ2) is 5.52. The summed E-state index contributed by atoms with van der Waals surface area (Å²) in [5.41, 5.74) is 1.34. The number of nitrogens with zero attached hydrogens (tertiary/aromatic N) is 3. The van der Waals surface area contributed by atoms with E-state index in [0.717, 1.165) is 0 Å². The van der Waals surface area contributed by atoms with Crippen LogP contribution in [0.4, 0.5) is 15.8 Å². The Labute approximate surface area is 134 Å². The van der Waals surface area contributed by atoms with Gasteiger partial charge in [0.05, 0.1) is 11.4 Å². The van der Waals surface area contributed by atoms with Crippen molar-refractivity contribution in [2.75, 3.05) is 29.3 Å². The van der Waals surface area contributed by atoms with Gasteiger partial charge in [-0.25, -0.2) is 12.8 Å². The number of benzene rings is 1. The lowest BCUT2D eigenvalue weighted by molar-refractivity contribution is 0.390. The second-order valence-electron chi connectivity index (χ2n) is 5.64. The first-order valence-corrected chi connectivity index (χ1v) is 8.72. The van der Waals surface area contributed by atoms with E-state index in [2.05, 4.69) is 5.16 Å². The van der Waals surface area contributed by atoms with Crippen LogP contribution in [0.1, 0.15) is 17.9 Å². The zero-order valence-electron chi connectivity index (χ0n) is 13.2. The molecule has 2 aromatic rings. The average molecular weight is 339 g/mol. The van der Waals surface area contributed by atoms with Gasteiger partial charge >= 0.3 is 0 Å². The van der Waals surface area contributed by atoms with Gasteiger partial charge in [0.2, 0.25) is 0 Å². The van der Waals surface area contributed by atoms with E-state index in [1.54, 1.807) is 13.8 Å². The molecule has 0 fully saturated rings. The van der Waals surface area contributed by atoms with E-state index in [-0.39, 0.29) is 10.7 Å². The molecule has 0 N–H and O–H groups in total. The Kier molecular flexibility index (Phi) is 3.79. The molecule has 1 aromatic carbocycles. The Morgan fingerprint density at radius 2 is 1.96 bits per heavy atom. The van der Waals surface area contributed by atoms with E-state index in [1.165, 1.54) is 22.5 Å². The van der Waals surface area contributed by atoms with Crippen molar-refractivity contribution < 1.29 is 17.3 Å².